The SMILES string of the molecule is CCc1nc2sc([C@H](c3ccc([N+](=O)[O-])cc3)N3CCC[C@H](C)C3)c(O)n2n1. The van der Waals surface area contributed by atoms with Crippen molar-refractivity contribution in [2.24, 2.45) is 5.92 Å². The summed E-state index contributed by atoms with van der Waals surface area (Å²) >= 11 is 1.43. The number of rotatable bonds is 5. The van der Waals surface area contributed by atoms with Gasteiger partial charge in [-0.05, 0) is 30.9 Å². The zero-order valence-electron chi connectivity index (χ0n) is 15.9. The van der Waals surface area contributed by atoms with Crippen LogP contribution in [0.15, 0.2) is 24.3 Å². The summed E-state index contributed by atoms with van der Waals surface area (Å²) < 4.78 is 1.50. The Morgan fingerprint density at radius 3 is 2.75 bits per heavy atom. The highest BCUT2D eigenvalue weighted by atomic mass is 32.1. The minimum atomic E-state index is -0.394. The van der Waals surface area contributed by atoms with Crippen LogP contribution in [0.25, 0.3) is 4.96 Å². The first-order valence-corrected chi connectivity index (χ1v) is 10.3. The third-order valence-corrected chi connectivity index (χ3v) is 6.35. The van der Waals surface area contributed by atoms with E-state index in [0.717, 1.165) is 30.0 Å². The van der Waals surface area contributed by atoms with Crippen molar-refractivity contribution in [3.8, 4) is 5.88 Å². The molecular weight excluding hydrogens is 378 g/mol. The van der Waals surface area contributed by atoms with Crippen LogP contribution in [0.5, 0.6) is 5.88 Å². The fourth-order valence-electron chi connectivity index (χ4n) is 3.89. The molecule has 0 aliphatic carbocycles. The number of piperidine rings is 1. The number of aromatic hydroxyl groups is 1. The second-order valence-corrected chi connectivity index (χ2v) is 8.37. The number of hydrogen-bond donors (Lipinski definition) is 1. The summed E-state index contributed by atoms with van der Waals surface area (Å²) in [6, 6.07) is 6.45. The van der Waals surface area contributed by atoms with Crippen molar-refractivity contribution in [1.29, 1.82) is 0 Å². The molecule has 1 saturated heterocycles. The summed E-state index contributed by atoms with van der Waals surface area (Å²) in [5.41, 5.74) is 0.990. The molecule has 8 nitrogen and oxygen atoms in total. The fourth-order valence-corrected chi connectivity index (χ4v) is 5.02. The third kappa shape index (κ3) is 3.35. The van der Waals surface area contributed by atoms with Crippen molar-refractivity contribution in [2.75, 3.05) is 13.1 Å². The smallest absolute Gasteiger partial charge is 0.269 e. The molecule has 1 aliphatic heterocycles. The van der Waals surface area contributed by atoms with Crippen molar-refractivity contribution in [2.45, 2.75) is 39.2 Å². The van der Waals surface area contributed by atoms with Crippen LogP contribution in [0.1, 0.15) is 49.0 Å². The summed E-state index contributed by atoms with van der Waals surface area (Å²) in [6.45, 7) is 6.04. The van der Waals surface area contributed by atoms with Crippen LogP contribution in [-0.2, 0) is 6.42 Å². The number of fused-ring (bicyclic) bond motifs is 1. The summed E-state index contributed by atoms with van der Waals surface area (Å²) in [5, 5.41) is 26.3. The van der Waals surface area contributed by atoms with Gasteiger partial charge in [0.15, 0.2) is 5.82 Å². The average Bonchev–Trinajstić information content (AvgIpc) is 3.22. The molecular formula is C19H23N5O3S. The molecule has 3 aromatic rings. The molecule has 3 heterocycles. The van der Waals surface area contributed by atoms with E-state index in [-0.39, 0.29) is 17.6 Å². The molecule has 1 aromatic carbocycles. The van der Waals surface area contributed by atoms with Crippen molar-refractivity contribution in [3.05, 3.63) is 50.6 Å². The van der Waals surface area contributed by atoms with Crippen molar-refractivity contribution in [3.63, 3.8) is 0 Å². The highest BCUT2D eigenvalue weighted by Gasteiger charge is 2.32. The lowest BCUT2D eigenvalue weighted by Gasteiger charge is -2.37. The molecule has 148 valence electrons. The molecule has 28 heavy (non-hydrogen) atoms. The number of nitro groups is 1. The molecule has 0 amide bonds. The number of hydrogen-bond acceptors (Lipinski definition) is 7. The Labute approximate surface area is 166 Å². The second kappa shape index (κ2) is 7.48. The summed E-state index contributed by atoms with van der Waals surface area (Å²) in [5.74, 6) is 1.37. The van der Waals surface area contributed by atoms with Crippen LogP contribution in [0.2, 0.25) is 0 Å². The Morgan fingerprint density at radius 2 is 2.14 bits per heavy atom. The number of nitro benzene ring substituents is 1. The summed E-state index contributed by atoms with van der Waals surface area (Å²) in [4.78, 5) is 18.9. The van der Waals surface area contributed by atoms with E-state index in [0.29, 0.717) is 23.1 Å². The van der Waals surface area contributed by atoms with Crippen LogP contribution >= 0.6 is 11.3 Å². The predicted molar refractivity (Wildman–Crippen MR) is 107 cm³/mol. The summed E-state index contributed by atoms with van der Waals surface area (Å²) in [6.07, 6.45) is 2.98. The van der Waals surface area contributed by atoms with Crippen LogP contribution in [0.4, 0.5) is 5.69 Å². The number of likely N-dealkylation sites (tertiary alicyclic amines) is 1. The lowest BCUT2D eigenvalue weighted by atomic mass is 9.95. The highest BCUT2D eigenvalue weighted by Crippen LogP contribution is 2.41. The van der Waals surface area contributed by atoms with E-state index >= 15 is 0 Å². The third-order valence-electron chi connectivity index (χ3n) is 5.28. The maximum Gasteiger partial charge on any atom is 0.269 e. The Morgan fingerprint density at radius 1 is 1.39 bits per heavy atom. The molecule has 0 bridgehead atoms. The van der Waals surface area contributed by atoms with E-state index < -0.39 is 4.92 Å². The Bertz CT molecular complexity index is 997. The van der Waals surface area contributed by atoms with Crippen molar-refractivity contribution >= 4 is 22.0 Å². The maximum absolute atomic E-state index is 11.0. The largest absolute Gasteiger partial charge is 0.492 e. The zero-order chi connectivity index (χ0) is 19.8. The molecule has 1 fully saturated rings. The molecule has 0 radical (unpaired) electrons. The lowest BCUT2D eigenvalue weighted by Crippen LogP contribution is -2.37. The molecule has 0 saturated carbocycles. The normalized spacial score (nSPS) is 19.1. The first-order chi connectivity index (χ1) is 13.5. The van der Waals surface area contributed by atoms with E-state index in [1.165, 1.54) is 34.4 Å². The standard InChI is InChI=1S/C19H23N5O3S/c1-3-15-20-19-23(21-15)18(25)17(28-19)16(22-10-4-5-12(2)11-22)13-6-8-14(9-7-13)24(26)27/h6-9,12,16,25H,3-5,10-11H2,1-2H3/t12-,16-/m0/s1. The van der Waals surface area contributed by atoms with Gasteiger partial charge < -0.3 is 5.11 Å². The van der Waals surface area contributed by atoms with Gasteiger partial charge in [0.2, 0.25) is 10.8 Å². The maximum atomic E-state index is 11.0. The molecule has 2 aromatic heterocycles. The minimum Gasteiger partial charge on any atom is -0.492 e. The van der Waals surface area contributed by atoms with Gasteiger partial charge in [-0.3, -0.25) is 15.0 Å². The highest BCUT2D eigenvalue weighted by molar-refractivity contribution is 7.17. The van der Waals surface area contributed by atoms with Gasteiger partial charge in [0.05, 0.1) is 15.8 Å². The van der Waals surface area contributed by atoms with E-state index in [4.69, 9.17) is 0 Å². The van der Waals surface area contributed by atoms with E-state index in [2.05, 4.69) is 21.9 Å². The van der Waals surface area contributed by atoms with Gasteiger partial charge >= 0.3 is 0 Å². The van der Waals surface area contributed by atoms with Gasteiger partial charge in [-0.1, -0.05) is 37.3 Å². The summed E-state index contributed by atoms with van der Waals surface area (Å²) in [7, 11) is 0. The molecule has 9 heteroatoms. The first-order valence-electron chi connectivity index (χ1n) is 9.53. The van der Waals surface area contributed by atoms with Crippen LogP contribution in [-0.4, -0.2) is 42.6 Å². The molecule has 0 spiro atoms. The van der Waals surface area contributed by atoms with Crippen molar-refractivity contribution < 1.29 is 10.0 Å². The fraction of sp³-hybridized carbons (Fsp3) is 0.474. The number of aromatic nitrogens is 3. The zero-order valence-corrected chi connectivity index (χ0v) is 16.7. The van der Waals surface area contributed by atoms with Gasteiger partial charge in [0.25, 0.3) is 5.69 Å². The number of nitrogens with zero attached hydrogens (tertiary/aromatic N) is 5. The van der Waals surface area contributed by atoms with E-state index in [9.17, 15) is 15.2 Å². The first kappa shape index (κ1) is 18.8. The Hall–Kier alpha value is -2.52. The second-order valence-electron chi connectivity index (χ2n) is 7.36. The Balaban J connectivity index is 1.79. The number of thiazole rings is 1. The molecule has 4 rings (SSSR count). The topological polar surface area (TPSA) is 96.8 Å². The van der Waals surface area contributed by atoms with Gasteiger partial charge in [0, 0.05) is 25.1 Å². The minimum absolute atomic E-state index is 0.0639. The van der Waals surface area contributed by atoms with Gasteiger partial charge in [0.1, 0.15) is 0 Å². The molecule has 1 N–H and O–H groups in total. The van der Waals surface area contributed by atoms with E-state index in [1.807, 2.05) is 6.92 Å². The van der Waals surface area contributed by atoms with Crippen LogP contribution < -0.4 is 0 Å². The lowest BCUT2D eigenvalue weighted by molar-refractivity contribution is -0.384. The molecule has 1 aliphatic rings. The van der Waals surface area contributed by atoms with Gasteiger partial charge in [-0.15, -0.1) is 5.10 Å². The van der Waals surface area contributed by atoms with Crippen LogP contribution in [0, 0.1) is 16.0 Å². The number of benzene rings is 1. The molecule has 0 unspecified atom stereocenters. The predicted octanol–water partition coefficient (Wildman–Crippen LogP) is 3.79. The van der Waals surface area contributed by atoms with Gasteiger partial charge in [-0.2, -0.15) is 4.52 Å². The van der Waals surface area contributed by atoms with E-state index in [1.54, 1.807) is 12.1 Å². The molecule has 2 atom stereocenters. The number of aryl methyl sites for hydroxylation is 1. The van der Waals surface area contributed by atoms with Gasteiger partial charge in [-0.25, -0.2) is 4.98 Å². The Kier molecular flexibility index (Phi) is 5.03. The monoisotopic (exact) mass is 401 g/mol. The van der Waals surface area contributed by atoms with Crippen LogP contribution in [0.3, 0.4) is 0 Å². The quantitative estimate of drug-likeness (QED) is 0.516. The van der Waals surface area contributed by atoms with Crippen molar-refractivity contribution in [1.82, 2.24) is 19.5 Å². The number of non-ortho nitro benzene ring substituents is 1. The average molecular weight is 401 g/mol.